The van der Waals surface area contributed by atoms with Crippen LogP contribution in [-0.2, 0) is 4.79 Å². The van der Waals surface area contributed by atoms with Gasteiger partial charge in [-0.05, 0) is 0 Å². The summed E-state index contributed by atoms with van der Waals surface area (Å²) in [7, 11) is 0. The molecule has 50 valence electrons. The van der Waals surface area contributed by atoms with Gasteiger partial charge >= 0.3 is 0 Å². The topological polar surface area (TPSA) is 70.0 Å². The summed E-state index contributed by atoms with van der Waals surface area (Å²) in [6.07, 6.45) is -0.465. The molecule has 5 heteroatoms. The van der Waals surface area contributed by atoms with Crippen LogP contribution in [0.4, 0.5) is 0 Å². The molecule has 0 aromatic rings. The van der Waals surface area contributed by atoms with Crippen molar-refractivity contribution in [3.63, 3.8) is 0 Å². The first kappa shape index (κ1) is 6.15. The fraction of sp³-hybridized carbons (Fsp3) is 0.750. The molecule has 5 nitrogen and oxygen atoms in total. The van der Waals surface area contributed by atoms with E-state index in [1.54, 1.807) is 0 Å². The zero-order chi connectivity index (χ0) is 6.85. The Hall–Kier alpha value is -0.970. The van der Waals surface area contributed by atoms with Gasteiger partial charge < -0.3 is 5.11 Å². The molecule has 1 aliphatic rings. The molecule has 0 bridgehead atoms. The normalized spacial score (nSPS) is 27.0. The zero-order valence-electron chi connectivity index (χ0n) is 4.65. The minimum absolute atomic E-state index is 0.215. The van der Waals surface area contributed by atoms with Crippen LogP contribution in [0, 0.1) is 4.91 Å². The summed E-state index contributed by atoms with van der Waals surface area (Å²) in [6.45, 7) is 0. The third-order valence-electron chi connectivity index (χ3n) is 1.24. The summed E-state index contributed by atoms with van der Waals surface area (Å²) in [4.78, 5) is 20.2. The zero-order valence-corrected chi connectivity index (χ0v) is 4.65. The molecule has 0 aromatic carbocycles. The Balaban J connectivity index is 2.65. The number of nitrogens with zero attached hydrogens (tertiary/aromatic N) is 2. The third kappa shape index (κ3) is 0.904. The first-order chi connectivity index (χ1) is 4.25. The van der Waals surface area contributed by atoms with E-state index in [1.165, 1.54) is 0 Å². The Morgan fingerprint density at radius 3 is 2.67 bits per heavy atom. The molecule has 1 rings (SSSR count). The number of nitroso groups, excluding NO2 is 1. The van der Waals surface area contributed by atoms with Gasteiger partial charge in [0.15, 0.2) is 6.23 Å². The maximum absolute atomic E-state index is 10.5. The Bertz CT molecular complexity index is 147. The molecule has 0 saturated carbocycles. The second kappa shape index (κ2) is 2.10. The van der Waals surface area contributed by atoms with Crippen LogP contribution < -0.4 is 0 Å². The van der Waals surface area contributed by atoms with E-state index in [1.807, 2.05) is 0 Å². The highest BCUT2D eigenvalue weighted by Gasteiger charge is 2.29. The van der Waals surface area contributed by atoms with Crippen molar-refractivity contribution in [1.82, 2.24) is 5.01 Å². The van der Waals surface area contributed by atoms with Crippen LogP contribution in [-0.4, -0.2) is 22.3 Å². The number of amides is 1. The number of hydrogen-bond acceptors (Lipinski definition) is 4. The highest BCUT2D eigenvalue weighted by Crippen LogP contribution is 2.15. The first-order valence-corrected chi connectivity index (χ1v) is 2.59. The molecule has 0 spiro atoms. The van der Waals surface area contributed by atoms with Gasteiger partial charge in [-0.2, -0.15) is 5.01 Å². The largest absolute Gasteiger partial charge is 0.371 e. The number of aliphatic hydroxyl groups excluding tert-OH is 1. The predicted molar refractivity (Wildman–Crippen MR) is 27.9 cm³/mol. The van der Waals surface area contributed by atoms with Crippen LogP contribution in [0.1, 0.15) is 12.8 Å². The lowest BCUT2D eigenvalue weighted by molar-refractivity contribution is -0.133. The van der Waals surface area contributed by atoms with Crippen molar-refractivity contribution < 1.29 is 9.90 Å². The number of aliphatic hydroxyl groups is 1. The van der Waals surface area contributed by atoms with Gasteiger partial charge in [-0.15, -0.1) is 4.91 Å². The van der Waals surface area contributed by atoms with Gasteiger partial charge in [-0.1, -0.05) is 0 Å². The van der Waals surface area contributed by atoms with Gasteiger partial charge in [0, 0.05) is 12.8 Å². The lowest BCUT2D eigenvalue weighted by Gasteiger charge is -2.07. The Morgan fingerprint density at radius 1 is 1.78 bits per heavy atom. The quantitative estimate of drug-likeness (QED) is 0.491. The molecule has 0 aromatic heterocycles. The fourth-order valence-corrected chi connectivity index (χ4v) is 0.756. The summed E-state index contributed by atoms with van der Waals surface area (Å²) < 4.78 is 0. The second-order valence-electron chi connectivity index (χ2n) is 1.84. The Morgan fingerprint density at radius 2 is 2.44 bits per heavy atom. The number of rotatable bonds is 1. The molecule has 1 saturated heterocycles. The maximum atomic E-state index is 10.5. The van der Waals surface area contributed by atoms with Crippen LogP contribution >= 0.6 is 0 Å². The van der Waals surface area contributed by atoms with Crippen molar-refractivity contribution in [3.05, 3.63) is 4.91 Å². The highest BCUT2D eigenvalue weighted by atomic mass is 16.4. The van der Waals surface area contributed by atoms with E-state index >= 15 is 0 Å². The molecule has 1 N–H and O–H groups in total. The lowest BCUT2D eigenvalue weighted by Crippen LogP contribution is -2.26. The van der Waals surface area contributed by atoms with Gasteiger partial charge in [0.2, 0.25) is 5.91 Å². The smallest absolute Gasteiger partial charge is 0.247 e. The van der Waals surface area contributed by atoms with Crippen LogP contribution in [0.5, 0.6) is 0 Å². The molecular weight excluding hydrogens is 124 g/mol. The van der Waals surface area contributed by atoms with Gasteiger partial charge in [0.25, 0.3) is 0 Å². The van der Waals surface area contributed by atoms with Crippen molar-refractivity contribution in [2.24, 2.45) is 5.29 Å². The number of hydrogen-bond donors (Lipinski definition) is 1. The first-order valence-electron chi connectivity index (χ1n) is 2.59. The molecule has 1 heterocycles. The second-order valence-corrected chi connectivity index (χ2v) is 1.84. The van der Waals surface area contributed by atoms with Crippen LogP contribution in [0.25, 0.3) is 0 Å². The monoisotopic (exact) mass is 130 g/mol. The predicted octanol–water partition coefficient (Wildman–Crippen LogP) is -0.391. The molecule has 1 unspecified atom stereocenters. The molecule has 1 fully saturated rings. The fourth-order valence-electron chi connectivity index (χ4n) is 0.756. The molecule has 9 heavy (non-hydrogen) atoms. The summed E-state index contributed by atoms with van der Waals surface area (Å²) in [5, 5.41) is 11.7. The summed E-state index contributed by atoms with van der Waals surface area (Å²) in [6, 6.07) is 0. The molecule has 1 atom stereocenters. The van der Waals surface area contributed by atoms with Crippen molar-refractivity contribution in [3.8, 4) is 0 Å². The summed E-state index contributed by atoms with van der Waals surface area (Å²) >= 11 is 0. The number of carbonyl (C=O) groups excluding carboxylic acids is 1. The van der Waals surface area contributed by atoms with Crippen molar-refractivity contribution in [1.29, 1.82) is 0 Å². The van der Waals surface area contributed by atoms with Gasteiger partial charge in [-0.3, -0.25) is 4.79 Å². The average Bonchev–Trinajstić information content (AvgIpc) is 2.12. The van der Waals surface area contributed by atoms with E-state index in [9.17, 15) is 9.70 Å². The molecule has 1 amide bonds. The van der Waals surface area contributed by atoms with Crippen LogP contribution in [0.3, 0.4) is 0 Å². The van der Waals surface area contributed by atoms with Crippen molar-refractivity contribution in [2.45, 2.75) is 19.1 Å². The van der Waals surface area contributed by atoms with Crippen LogP contribution in [0.2, 0.25) is 0 Å². The van der Waals surface area contributed by atoms with Gasteiger partial charge in [-0.25, -0.2) is 0 Å². The summed E-state index contributed by atoms with van der Waals surface area (Å²) in [5.41, 5.74) is 0. The van der Waals surface area contributed by atoms with Crippen LogP contribution in [0.15, 0.2) is 5.29 Å². The van der Waals surface area contributed by atoms with E-state index in [2.05, 4.69) is 5.29 Å². The molecular formula is C4H6N2O3. The molecule has 0 aliphatic carbocycles. The van der Waals surface area contributed by atoms with E-state index in [0.717, 1.165) is 0 Å². The minimum atomic E-state index is -0.991. The number of carbonyl (C=O) groups is 1. The van der Waals surface area contributed by atoms with Crippen molar-refractivity contribution in [2.75, 3.05) is 0 Å². The minimum Gasteiger partial charge on any atom is -0.371 e. The van der Waals surface area contributed by atoms with E-state index in [0.29, 0.717) is 11.4 Å². The van der Waals surface area contributed by atoms with Crippen molar-refractivity contribution >= 4 is 5.91 Å². The molecule has 1 aliphatic heterocycles. The van der Waals surface area contributed by atoms with Gasteiger partial charge in [0.05, 0.1) is 5.29 Å². The summed E-state index contributed by atoms with van der Waals surface area (Å²) in [5.74, 6) is -0.405. The SMILES string of the molecule is O=NN1C(=O)CCC1O. The Labute approximate surface area is 51.2 Å². The average molecular weight is 130 g/mol. The third-order valence-corrected chi connectivity index (χ3v) is 1.24. The highest BCUT2D eigenvalue weighted by molar-refractivity contribution is 5.77. The van der Waals surface area contributed by atoms with Gasteiger partial charge in [0.1, 0.15) is 0 Å². The van der Waals surface area contributed by atoms with E-state index < -0.39 is 12.1 Å². The van der Waals surface area contributed by atoms with E-state index in [4.69, 9.17) is 5.11 Å². The van der Waals surface area contributed by atoms with E-state index in [-0.39, 0.29) is 6.42 Å². The standard InChI is InChI=1S/C4H6N2O3/c7-3-1-2-4(8)6(3)5-9/h3,7H,1-2H2. The maximum Gasteiger partial charge on any atom is 0.247 e. The molecule has 0 radical (unpaired) electrons. The lowest BCUT2D eigenvalue weighted by atomic mass is 10.4. The Kier molecular flexibility index (Phi) is 1.44.